The standard InChI is InChI=1S/C22H23F2N5O2/c1-14(22(2,3)31)26-20-25-12-11-19(28-20)29(18-9-7-15(23)8-10-18)21(30)27-17-6-4-5-16(24)13-17/h4-14,31H,1-3H3,(H,27,30)(H,25,26,28). The maximum atomic E-state index is 13.5. The van der Waals surface area contributed by atoms with Gasteiger partial charge in [0.15, 0.2) is 0 Å². The molecule has 1 unspecified atom stereocenters. The molecule has 0 saturated carbocycles. The predicted octanol–water partition coefficient (Wildman–Crippen LogP) is 4.70. The zero-order chi connectivity index (χ0) is 22.6. The van der Waals surface area contributed by atoms with E-state index >= 15 is 0 Å². The van der Waals surface area contributed by atoms with Crippen LogP contribution in [-0.4, -0.2) is 32.7 Å². The second-order valence-corrected chi connectivity index (χ2v) is 7.51. The van der Waals surface area contributed by atoms with E-state index in [2.05, 4.69) is 20.6 Å². The van der Waals surface area contributed by atoms with Crippen LogP contribution in [0.3, 0.4) is 0 Å². The Morgan fingerprint density at radius 1 is 1.10 bits per heavy atom. The van der Waals surface area contributed by atoms with Crippen LogP contribution in [0.1, 0.15) is 20.8 Å². The molecule has 9 heteroatoms. The molecule has 2 amide bonds. The van der Waals surface area contributed by atoms with Crippen LogP contribution in [0.25, 0.3) is 0 Å². The van der Waals surface area contributed by atoms with E-state index in [4.69, 9.17) is 0 Å². The highest BCUT2D eigenvalue weighted by Gasteiger charge is 2.24. The summed E-state index contributed by atoms with van der Waals surface area (Å²) in [5.41, 5.74) is -0.444. The van der Waals surface area contributed by atoms with Gasteiger partial charge in [-0.15, -0.1) is 0 Å². The molecule has 0 aliphatic heterocycles. The summed E-state index contributed by atoms with van der Waals surface area (Å²) in [4.78, 5) is 22.8. The van der Waals surface area contributed by atoms with E-state index in [1.807, 2.05) is 0 Å². The molecule has 3 rings (SSSR count). The van der Waals surface area contributed by atoms with Crippen molar-refractivity contribution < 1.29 is 18.7 Å². The Morgan fingerprint density at radius 2 is 1.81 bits per heavy atom. The summed E-state index contributed by atoms with van der Waals surface area (Å²) in [5.74, 6) is -0.572. The first-order chi connectivity index (χ1) is 14.6. The van der Waals surface area contributed by atoms with E-state index in [0.29, 0.717) is 5.69 Å². The minimum Gasteiger partial charge on any atom is -0.388 e. The lowest BCUT2D eigenvalue weighted by molar-refractivity contribution is 0.0646. The number of urea groups is 1. The zero-order valence-electron chi connectivity index (χ0n) is 17.3. The highest BCUT2D eigenvalue weighted by atomic mass is 19.1. The molecule has 31 heavy (non-hydrogen) atoms. The molecule has 7 nitrogen and oxygen atoms in total. The first-order valence-corrected chi connectivity index (χ1v) is 9.57. The summed E-state index contributed by atoms with van der Waals surface area (Å²) in [6, 6.07) is 11.2. The van der Waals surface area contributed by atoms with Gasteiger partial charge in [0.25, 0.3) is 0 Å². The number of aromatic nitrogens is 2. The van der Waals surface area contributed by atoms with Crippen LogP contribution in [0.5, 0.6) is 0 Å². The highest BCUT2D eigenvalue weighted by Crippen LogP contribution is 2.26. The van der Waals surface area contributed by atoms with Crippen LogP contribution in [0.15, 0.2) is 60.8 Å². The average Bonchev–Trinajstić information content (AvgIpc) is 2.69. The van der Waals surface area contributed by atoms with Crippen molar-refractivity contribution in [3.8, 4) is 0 Å². The van der Waals surface area contributed by atoms with Crippen molar-refractivity contribution in [2.24, 2.45) is 0 Å². The van der Waals surface area contributed by atoms with Crippen LogP contribution in [0.2, 0.25) is 0 Å². The molecule has 1 aromatic heterocycles. The van der Waals surface area contributed by atoms with Gasteiger partial charge in [0, 0.05) is 18.0 Å². The minimum atomic E-state index is -1.04. The molecule has 162 valence electrons. The Labute approximate surface area is 178 Å². The zero-order valence-corrected chi connectivity index (χ0v) is 17.3. The smallest absolute Gasteiger partial charge is 0.332 e. The van der Waals surface area contributed by atoms with Crippen molar-refractivity contribution in [2.45, 2.75) is 32.4 Å². The molecule has 0 aliphatic rings. The van der Waals surface area contributed by atoms with Crippen LogP contribution in [-0.2, 0) is 0 Å². The Morgan fingerprint density at radius 3 is 2.45 bits per heavy atom. The number of nitrogens with zero attached hydrogens (tertiary/aromatic N) is 3. The van der Waals surface area contributed by atoms with Crippen LogP contribution >= 0.6 is 0 Å². The summed E-state index contributed by atoms with van der Waals surface area (Å²) >= 11 is 0. The number of carbonyl (C=O) groups excluding carboxylic acids is 1. The Balaban J connectivity index is 1.96. The van der Waals surface area contributed by atoms with E-state index in [-0.39, 0.29) is 23.5 Å². The molecule has 1 heterocycles. The van der Waals surface area contributed by atoms with Crippen LogP contribution in [0.4, 0.5) is 36.7 Å². The third kappa shape index (κ3) is 5.73. The highest BCUT2D eigenvalue weighted by molar-refractivity contribution is 6.06. The monoisotopic (exact) mass is 427 g/mol. The Kier molecular flexibility index (Phi) is 6.45. The van der Waals surface area contributed by atoms with E-state index in [1.165, 1.54) is 59.6 Å². The quantitative estimate of drug-likeness (QED) is 0.531. The lowest BCUT2D eigenvalue weighted by Crippen LogP contribution is -2.40. The van der Waals surface area contributed by atoms with E-state index in [9.17, 15) is 18.7 Å². The van der Waals surface area contributed by atoms with Gasteiger partial charge in [-0.25, -0.2) is 23.5 Å². The number of halogens is 2. The number of hydrogen-bond donors (Lipinski definition) is 3. The predicted molar refractivity (Wildman–Crippen MR) is 115 cm³/mol. The van der Waals surface area contributed by atoms with Gasteiger partial charge in [-0.3, -0.25) is 0 Å². The lowest BCUT2D eigenvalue weighted by Gasteiger charge is -2.27. The van der Waals surface area contributed by atoms with Gasteiger partial charge < -0.3 is 15.7 Å². The SMILES string of the molecule is CC(Nc1nccc(N(C(=O)Nc2cccc(F)c2)c2ccc(F)cc2)n1)C(C)(C)O. The number of nitrogens with one attached hydrogen (secondary N) is 2. The van der Waals surface area contributed by atoms with Gasteiger partial charge in [-0.2, -0.15) is 4.98 Å². The number of aliphatic hydroxyl groups is 1. The van der Waals surface area contributed by atoms with Crippen molar-refractivity contribution in [2.75, 3.05) is 15.5 Å². The minimum absolute atomic E-state index is 0.192. The second kappa shape index (κ2) is 9.05. The van der Waals surface area contributed by atoms with Gasteiger partial charge in [-0.05, 0) is 63.2 Å². The molecular formula is C22H23F2N5O2. The second-order valence-electron chi connectivity index (χ2n) is 7.51. The third-order valence-corrected chi connectivity index (χ3v) is 4.64. The van der Waals surface area contributed by atoms with E-state index in [0.717, 1.165) is 0 Å². The van der Waals surface area contributed by atoms with Crippen molar-refractivity contribution in [3.05, 3.63) is 72.4 Å². The van der Waals surface area contributed by atoms with Crippen molar-refractivity contribution in [1.82, 2.24) is 9.97 Å². The molecular weight excluding hydrogens is 404 g/mol. The molecule has 0 spiro atoms. The van der Waals surface area contributed by atoms with Crippen LogP contribution in [0, 0.1) is 11.6 Å². The van der Waals surface area contributed by atoms with Gasteiger partial charge in [0.2, 0.25) is 5.95 Å². The molecule has 3 N–H and O–H groups in total. The number of hydrogen-bond acceptors (Lipinski definition) is 5. The molecule has 3 aromatic rings. The fourth-order valence-corrected chi connectivity index (χ4v) is 2.60. The van der Waals surface area contributed by atoms with Crippen molar-refractivity contribution >= 4 is 29.2 Å². The molecule has 1 atom stereocenters. The largest absolute Gasteiger partial charge is 0.388 e. The van der Waals surface area contributed by atoms with Gasteiger partial charge in [0.1, 0.15) is 17.5 Å². The molecule has 0 saturated heterocycles. The Hall–Kier alpha value is -3.59. The van der Waals surface area contributed by atoms with Gasteiger partial charge in [-0.1, -0.05) is 6.07 Å². The van der Waals surface area contributed by atoms with Crippen molar-refractivity contribution in [3.63, 3.8) is 0 Å². The average molecular weight is 427 g/mol. The van der Waals surface area contributed by atoms with Crippen molar-refractivity contribution in [1.29, 1.82) is 0 Å². The molecule has 0 aliphatic carbocycles. The maximum Gasteiger partial charge on any atom is 0.332 e. The molecule has 0 fully saturated rings. The van der Waals surface area contributed by atoms with Gasteiger partial charge in [0.05, 0.1) is 17.3 Å². The third-order valence-electron chi connectivity index (χ3n) is 4.64. The molecule has 0 radical (unpaired) electrons. The number of benzene rings is 2. The molecule has 0 bridgehead atoms. The maximum absolute atomic E-state index is 13.5. The summed E-state index contributed by atoms with van der Waals surface area (Å²) < 4.78 is 27.0. The summed E-state index contributed by atoms with van der Waals surface area (Å²) in [5, 5.41) is 15.8. The van der Waals surface area contributed by atoms with E-state index in [1.54, 1.807) is 26.8 Å². The van der Waals surface area contributed by atoms with Crippen LogP contribution < -0.4 is 15.5 Å². The topological polar surface area (TPSA) is 90.4 Å². The molecule has 2 aromatic carbocycles. The Bertz CT molecular complexity index is 1050. The summed E-state index contributed by atoms with van der Waals surface area (Å²) in [7, 11) is 0. The van der Waals surface area contributed by atoms with E-state index < -0.39 is 23.3 Å². The summed E-state index contributed by atoms with van der Waals surface area (Å²) in [6.45, 7) is 5.06. The number of rotatable bonds is 6. The normalized spacial score (nSPS) is 12.2. The first-order valence-electron chi connectivity index (χ1n) is 9.57. The summed E-state index contributed by atoms with van der Waals surface area (Å²) in [6.07, 6.45) is 1.45. The fourth-order valence-electron chi connectivity index (χ4n) is 2.60. The lowest BCUT2D eigenvalue weighted by atomic mass is 10.0. The number of anilines is 4. The number of carbonyl (C=O) groups is 1. The fraction of sp³-hybridized carbons (Fsp3) is 0.227. The first kappa shape index (κ1) is 22.1. The number of amides is 2. The van der Waals surface area contributed by atoms with Gasteiger partial charge >= 0.3 is 6.03 Å².